The molecular weight excluding hydrogens is 1040 g/mol. The molecule has 0 bridgehead atoms. The molecule has 81 heavy (non-hydrogen) atoms. The van der Waals surface area contributed by atoms with Crippen molar-refractivity contribution in [2.75, 3.05) is 0 Å². The lowest BCUT2D eigenvalue weighted by molar-refractivity contribution is -0.356. The molecule has 8 fully saturated rings. The molecule has 0 aliphatic carbocycles. The fourth-order valence-electron chi connectivity index (χ4n) is 15.6. The third-order valence-corrected chi connectivity index (χ3v) is 20.6. The number of ether oxygens (including phenoxy) is 11. The van der Waals surface area contributed by atoms with Gasteiger partial charge >= 0.3 is 17.9 Å². The lowest BCUT2D eigenvalue weighted by Gasteiger charge is -2.60. The van der Waals surface area contributed by atoms with E-state index in [1.807, 2.05) is 27.7 Å². The van der Waals surface area contributed by atoms with E-state index >= 15 is 0 Å². The van der Waals surface area contributed by atoms with Crippen LogP contribution in [0.25, 0.3) is 0 Å². The Morgan fingerprint density at radius 2 is 1.43 bits per heavy atom. The van der Waals surface area contributed by atoms with Crippen LogP contribution in [0.1, 0.15) is 209 Å². The molecule has 10 aliphatic heterocycles. The number of carbonyl (C=O) groups is 4. The van der Waals surface area contributed by atoms with Crippen LogP contribution in [0.4, 0.5) is 0 Å². The number of carboxylic acids is 1. The van der Waals surface area contributed by atoms with Crippen molar-refractivity contribution in [3.8, 4) is 0 Å². The van der Waals surface area contributed by atoms with Crippen molar-refractivity contribution in [2.24, 2.45) is 5.92 Å². The number of fused-ring (bicyclic) bond motifs is 8. The highest BCUT2D eigenvalue weighted by Crippen LogP contribution is 2.54. The summed E-state index contributed by atoms with van der Waals surface area (Å²) in [5, 5.41) is 21.0. The number of Topliss-reactive ketones (excluding diaryl/α,β-unsaturated/α-hetero) is 1. The molecule has 8 saturated heterocycles. The van der Waals surface area contributed by atoms with E-state index in [1.54, 1.807) is 0 Å². The Morgan fingerprint density at radius 1 is 0.728 bits per heavy atom. The van der Waals surface area contributed by atoms with E-state index in [9.17, 15) is 29.4 Å². The van der Waals surface area contributed by atoms with Gasteiger partial charge in [-0.1, -0.05) is 96.8 Å². The highest BCUT2D eigenvalue weighted by atomic mass is 16.6. The van der Waals surface area contributed by atoms with Crippen LogP contribution < -0.4 is 0 Å². The number of esters is 2. The quantitative estimate of drug-likeness (QED) is 0.0533. The van der Waals surface area contributed by atoms with E-state index in [1.165, 1.54) is 57.4 Å². The van der Waals surface area contributed by atoms with Gasteiger partial charge in [0.05, 0.1) is 89.5 Å². The van der Waals surface area contributed by atoms with Gasteiger partial charge in [-0.3, -0.25) is 9.59 Å². The number of unbranched alkanes of at least 4 members (excludes halogenated alkanes) is 10. The fourth-order valence-corrected chi connectivity index (χ4v) is 15.6. The molecule has 0 spiro atoms. The third kappa shape index (κ3) is 13.0. The molecule has 17 heteroatoms. The summed E-state index contributed by atoms with van der Waals surface area (Å²) in [5.41, 5.74) is -3.34. The van der Waals surface area contributed by atoms with Crippen molar-refractivity contribution in [1.29, 1.82) is 0 Å². The van der Waals surface area contributed by atoms with Crippen molar-refractivity contribution in [3.63, 3.8) is 0 Å². The van der Waals surface area contributed by atoms with Crippen LogP contribution in [0, 0.1) is 5.92 Å². The Balaban J connectivity index is 0.784. The van der Waals surface area contributed by atoms with E-state index < -0.39 is 101 Å². The van der Waals surface area contributed by atoms with Crippen molar-refractivity contribution in [1.82, 2.24) is 0 Å². The average molecular weight is 1140 g/mol. The van der Waals surface area contributed by atoms with Gasteiger partial charge in [0.2, 0.25) is 0 Å². The maximum Gasteiger partial charge on any atom is 0.331 e. The van der Waals surface area contributed by atoms with Crippen molar-refractivity contribution < 1.29 is 81.5 Å². The zero-order valence-electron chi connectivity index (χ0n) is 49.7. The summed E-state index contributed by atoms with van der Waals surface area (Å²) < 4.78 is 74.6. The monoisotopic (exact) mass is 1140 g/mol. The molecular formula is C64H96O17. The van der Waals surface area contributed by atoms with Gasteiger partial charge in [-0.25, -0.2) is 9.59 Å². The van der Waals surface area contributed by atoms with Gasteiger partial charge in [0.1, 0.15) is 36.1 Å². The lowest BCUT2D eigenvalue weighted by atomic mass is 9.72. The summed E-state index contributed by atoms with van der Waals surface area (Å²) in [4.78, 5) is 52.3. The van der Waals surface area contributed by atoms with Gasteiger partial charge in [-0.05, 0) is 78.7 Å². The largest absolute Gasteiger partial charge is 0.478 e. The molecule has 0 aromatic heterocycles. The van der Waals surface area contributed by atoms with E-state index in [0.717, 1.165) is 24.8 Å². The first-order valence-corrected chi connectivity index (χ1v) is 31.4. The van der Waals surface area contributed by atoms with Crippen LogP contribution in [0.3, 0.4) is 0 Å². The molecule has 454 valence electrons. The summed E-state index contributed by atoms with van der Waals surface area (Å²) in [6.07, 6.45) is 15.9. The number of rotatable bonds is 19. The number of carboxylic acid groups (broad SMARTS) is 1. The number of ketones is 1. The summed E-state index contributed by atoms with van der Waals surface area (Å²) in [6, 6.07) is 0. The molecule has 0 aromatic rings. The number of aliphatic hydroxyl groups excluding tert-OH is 1. The van der Waals surface area contributed by atoms with Crippen molar-refractivity contribution in [3.05, 3.63) is 36.0 Å². The van der Waals surface area contributed by atoms with E-state index in [0.29, 0.717) is 64.2 Å². The predicted octanol–water partition coefficient (Wildman–Crippen LogP) is 9.77. The smallest absolute Gasteiger partial charge is 0.331 e. The molecule has 10 rings (SSSR count). The molecule has 0 aromatic carbocycles. The molecule has 10 aliphatic rings. The molecule has 0 saturated carbocycles. The lowest BCUT2D eigenvalue weighted by Crippen LogP contribution is -2.70. The maximum absolute atomic E-state index is 14.5. The number of aliphatic carboxylic acids is 1. The molecule has 0 amide bonds. The topological polar surface area (TPSA) is 210 Å². The molecule has 0 radical (unpaired) electrons. The van der Waals surface area contributed by atoms with E-state index in [-0.39, 0.29) is 79.1 Å². The minimum absolute atomic E-state index is 0.00766. The number of hydrogen-bond donors (Lipinski definition) is 2. The fraction of sp³-hybridized carbons (Fsp3) is 0.844. The average Bonchev–Trinajstić information content (AvgIpc) is 3.59. The van der Waals surface area contributed by atoms with E-state index in [4.69, 9.17) is 52.1 Å². The predicted molar refractivity (Wildman–Crippen MR) is 297 cm³/mol. The Morgan fingerprint density at radius 3 is 2.16 bits per heavy atom. The Labute approximate surface area is 480 Å². The van der Waals surface area contributed by atoms with Crippen LogP contribution in [0.2, 0.25) is 0 Å². The van der Waals surface area contributed by atoms with Crippen LogP contribution >= 0.6 is 0 Å². The first-order valence-electron chi connectivity index (χ1n) is 31.4. The van der Waals surface area contributed by atoms with Crippen molar-refractivity contribution in [2.45, 2.75) is 335 Å². The molecule has 10 unspecified atom stereocenters. The minimum Gasteiger partial charge on any atom is -0.478 e. The van der Waals surface area contributed by atoms with Crippen molar-refractivity contribution >= 4 is 23.7 Å². The highest BCUT2D eigenvalue weighted by molar-refractivity contribution is 5.86. The molecule has 17 nitrogen and oxygen atoms in total. The second-order valence-electron chi connectivity index (χ2n) is 27.3. The standard InChI is InChI=1S/C64H96O17/c1-10-11-12-13-14-15-16-17-18-19-20-23-55(67)76-48-35-62(7)50(33-47-58(80-62)38(3)29-56(68)75-47)73-43(48)28-37(2)57-41(65)24-26-61(6)51(77-57)34-52-63(8,81-61)36-54-60(5,79-52)25-21-22-42-44(74-54)31-46-45(72-42)32-53-64(9,78-46)49(66)30-40(71-53)27-39(4)59(69)70/h21-22,29,37,40,42-54,57-58,66H,4,10-20,23-28,30-36H2,1-3,5-9H3,(H,69,70)/b22-21-/t37?,40-,42-,43+,44?,45+,46?,47+,48?,49+,50-,51+,52-,53-,54?,57-,58?,60+,61?,62?,63?,64?/m1/s1. The van der Waals surface area contributed by atoms with Crippen LogP contribution in [-0.2, 0) is 71.3 Å². The maximum atomic E-state index is 14.5. The van der Waals surface area contributed by atoms with Gasteiger partial charge < -0.3 is 62.3 Å². The number of aliphatic hydroxyl groups is 1. The summed E-state index contributed by atoms with van der Waals surface area (Å²) in [7, 11) is 0. The van der Waals surface area contributed by atoms with E-state index in [2.05, 4.69) is 46.4 Å². The zero-order chi connectivity index (χ0) is 57.6. The Bertz CT molecular complexity index is 2360. The molecule has 2 N–H and O–H groups in total. The summed E-state index contributed by atoms with van der Waals surface area (Å²) in [5.74, 6) is -2.07. The third-order valence-electron chi connectivity index (χ3n) is 20.6. The van der Waals surface area contributed by atoms with Gasteiger partial charge in [0.15, 0.2) is 5.78 Å². The second-order valence-corrected chi connectivity index (χ2v) is 27.3. The first-order chi connectivity index (χ1) is 38.5. The van der Waals surface area contributed by atoms with Gasteiger partial charge in [0, 0.05) is 75.9 Å². The molecule has 22 atom stereocenters. The SMILES string of the molecule is C=C(C[C@@H]1C[C@H](O)C2(C)OC3CC4OC5CC6(C)OC7(C)CCC(=O)[C@@H](C(C)C[C@@H]8O[C@@H]9C[C@@H]%10OC(=O)C=C(C)C%10OC9(C)CC8OC(=O)CCCCCCCCCCCCC)O[C@H]7C[C@H]6O[C@@]5(C)C/C=C\[C@H]4O[C@H]3C[C@H]2O1)C(=O)O. The van der Waals surface area contributed by atoms with Gasteiger partial charge in [-0.15, -0.1) is 0 Å². The highest BCUT2D eigenvalue weighted by Gasteiger charge is 2.64. The Kier molecular flexibility index (Phi) is 18.6. The first kappa shape index (κ1) is 61.0. The van der Waals surface area contributed by atoms with Crippen LogP contribution in [-0.4, -0.2) is 160 Å². The molecule has 10 heterocycles. The number of hydrogen-bond acceptors (Lipinski definition) is 16. The summed E-state index contributed by atoms with van der Waals surface area (Å²) in [6.45, 7) is 20.0. The second kappa shape index (κ2) is 24.7. The van der Waals surface area contributed by atoms with Crippen LogP contribution in [0.15, 0.2) is 36.0 Å². The zero-order valence-corrected chi connectivity index (χ0v) is 49.7. The minimum atomic E-state index is -1.08. The Hall–Kier alpha value is -3.10. The normalized spacial score (nSPS) is 45.3. The number of carbonyl (C=O) groups excluding carboxylic acids is 3. The van der Waals surface area contributed by atoms with Gasteiger partial charge in [-0.2, -0.15) is 0 Å². The summed E-state index contributed by atoms with van der Waals surface area (Å²) >= 11 is 0. The van der Waals surface area contributed by atoms with Gasteiger partial charge in [0.25, 0.3) is 0 Å². The van der Waals surface area contributed by atoms with Crippen LogP contribution in [0.5, 0.6) is 0 Å².